The van der Waals surface area contributed by atoms with E-state index in [9.17, 15) is 4.79 Å². The van der Waals surface area contributed by atoms with E-state index < -0.39 is 9.76 Å². The van der Waals surface area contributed by atoms with E-state index in [-0.39, 0.29) is 5.97 Å². The first-order valence-electron chi connectivity index (χ1n) is 7.26. The largest absolute Gasteiger partial charge is 0.525 e. The van der Waals surface area contributed by atoms with Gasteiger partial charge in [0.15, 0.2) is 0 Å². The Morgan fingerprint density at radius 3 is 1.88 bits per heavy atom. The third-order valence-corrected chi connectivity index (χ3v) is 4.33. The maximum absolute atomic E-state index is 10.4. The van der Waals surface area contributed by atoms with Crippen molar-refractivity contribution in [2.24, 2.45) is 0 Å². The molecular formula is C14H29O2Si. The average molecular weight is 257 g/mol. The van der Waals surface area contributed by atoms with Gasteiger partial charge in [0.1, 0.15) is 0 Å². The molecule has 0 saturated carbocycles. The van der Waals surface area contributed by atoms with E-state index in [2.05, 4.69) is 13.8 Å². The molecule has 17 heavy (non-hydrogen) atoms. The summed E-state index contributed by atoms with van der Waals surface area (Å²) in [6.45, 7) is 5.46. The highest BCUT2D eigenvalue weighted by molar-refractivity contribution is 6.30. The maximum Gasteiger partial charge on any atom is 0.292 e. The van der Waals surface area contributed by atoms with Crippen LogP contribution in [0.4, 0.5) is 0 Å². The van der Waals surface area contributed by atoms with E-state index in [1.54, 1.807) is 0 Å². The fourth-order valence-corrected chi connectivity index (χ4v) is 2.88. The zero-order valence-corrected chi connectivity index (χ0v) is 12.9. The molecule has 0 atom stereocenters. The summed E-state index contributed by atoms with van der Waals surface area (Å²) >= 11 is 0. The van der Waals surface area contributed by atoms with Crippen LogP contribution in [0, 0.1) is 6.92 Å². The van der Waals surface area contributed by atoms with Gasteiger partial charge in [-0.2, -0.15) is 0 Å². The van der Waals surface area contributed by atoms with Gasteiger partial charge in [0, 0.05) is 0 Å². The van der Waals surface area contributed by atoms with Crippen LogP contribution in [0.1, 0.15) is 71.1 Å². The molecule has 0 aromatic rings. The van der Waals surface area contributed by atoms with E-state index >= 15 is 0 Å². The molecule has 1 radical (unpaired) electrons. The van der Waals surface area contributed by atoms with Gasteiger partial charge in [-0.1, -0.05) is 71.1 Å². The van der Waals surface area contributed by atoms with Crippen LogP contribution in [-0.2, 0) is 9.22 Å². The van der Waals surface area contributed by atoms with Crippen LogP contribution in [0.15, 0.2) is 0 Å². The molecule has 3 heteroatoms. The molecule has 0 aliphatic heterocycles. The van der Waals surface area contributed by atoms with Gasteiger partial charge in [-0.3, -0.25) is 4.79 Å². The Bertz CT molecular complexity index is 172. The Morgan fingerprint density at radius 1 is 0.941 bits per heavy atom. The van der Waals surface area contributed by atoms with Crippen molar-refractivity contribution in [1.29, 1.82) is 0 Å². The van der Waals surface area contributed by atoms with Gasteiger partial charge in [-0.05, 0) is 6.04 Å². The molecule has 0 unspecified atom stereocenters. The third-order valence-electron chi connectivity index (χ3n) is 3.01. The summed E-state index contributed by atoms with van der Waals surface area (Å²) in [5.41, 5.74) is 0. The predicted molar refractivity (Wildman–Crippen MR) is 76.6 cm³/mol. The Labute approximate surface area is 109 Å². The molecule has 0 aromatic heterocycles. The van der Waals surface area contributed by atoms with Crippen molar-refractivity contribution < 1.29 is 9.22 Å². The number of unbranched alkanes of at least 4 members (excludes halogenated alkanes) is 9. The van der Waals surface area contributed by atoms with E-state index in [1.807, 2.05) is 0 Å². The summed E-state index contributed by atoms with van der Waals surface area (Å²) in [4.78, 5) is 10.4. The van der Waals surface area contributed by atoms with Gasteiger partial charge in [0.2, 0.25) is 9.76 Å². The molecule has 0 aromatic carbocycles. The lowest BCUT2D eigenvalue weighted by molar-refractivity contribution is -0.129. The molecule has 0 heterocycles. The van der Waals surface area contributed by atoms with Gasteiger partial charge in [-0.15, -0.1) is 0 Å². The van der Waals surface area contributed by atoms with Crippen molar-refractivity contribution in [2.75, 3.05) is 0 Å². The SMILES string of the molecule is [CH2]C(=O)O[SiH2]CCCCCCCCCCCC. The third kappa shape index (κ3) is 15.7. The Balaban J connectivity index is 2.91. The number of carbonyl (C=O) groups excluding carboxylic acids is 1. The second kappa shape index (κ2) is 13.8. The van der Waals surface area contributed by atoms with Crippen LogP contribution in [0.2, 0.25) is 6.04 Å². The van der Waals surface area contributed by atoms with Crippen LogP contribution < -0.4 is 0 Å². The Hall–Kier alpha value is -0.313. The quantitative estimate of drug-likeness (QED) is 0.393. The van der Waals surface area contributed by atoms with Crippen LogP contribution in [0.5, 0.6) is 0 Å². The first-order chi connectivity index (χ1) is 8.27. The Morgan fingerprint density at radius 2 is 1.41 bits per heavy atom. The average Bonchev–Trinajstić information content (AvgIpc) is 2.30. The number of carbonyl (C=O) groups is 1. The minimum atomic E-state index is -0.602. The topological polar surface area (TPSA) is 26.3 Å². The van der Waals surface area contributed by atoms with Crippen LogP contribution in [-0.4, -0.2) is 15.7 Å². The van der Waals surface area contributed by atoms with Gasteiger partial charge in [-0.25, -0.2) is 0 Å². The first-order valence-corrected chi connectivity index (χ1v) is 8.83. The molecule has 0 aliphatic carbocycles. The van der Waals surface area contributed by atoms with E-state index in [4.69, 9.17) is 4.43 Å². The van der Waals surface area contributed by atoms with E-state index in [1.165, 1.54) is 64.2 Å². The van der Waals surface area contributed by atoms with Gasteiger partial charge in [0.25, 0.3) is 5.97 Å². The first kappa shape index (κ1) is 16.7. The van der Waals surface area contributed by atoms with Crippen molar-refractivity contribution in [3.63, 3.8) is 0 Å². The molecular weight excluding hydrogens is 228 g/mol. The van der Waals surface area contributed by atoms with E-state index in [0.29, 0.717) is 0 Å². The lowest BCUT2D eigenvalue weighted by Gasteiger charge is -2.02. The highest BCUT2D eigenvalue weighted by atomic mass is 28.2. The minimum Gasteiger partial charge on any atom is -0.525 e. The second-order valence-electron chi connectivity index (χ2n) is 4.76. The summed E-state index contributed by atoms with van der Waals surface area (Å²) in [6.07, 6.45) is 13.6. The smallest absolute Gasteiger partial charge is 0.292 e. The second-order valence-corrected chi connectivity index (χ2v) is 6.16. The fraction of sp³-hybridized carbons (Fsp3) is 0.857. The molecule has 2 nitrogen and oxygen atoms in total. The standard InChI is InChI=1S/C14H29O2Si/c1-3-4-5-6-7-8-9-10-11-12-13-17-16-14(2)15/h2-13,17H2,1H3. The fourth-order valence-electron chi connectivity index (χ4n) is 1.95. The monoisotopic (exact) mass is 257 g/mol. The summed E-state index contributed by atoms with van der Waals surface area (Å²) in [5.74, 6) is -0.344. The van der Waals surface area contributed by atoms with E-state index in [0.717, 1.165) is 6.04 Å². The highest BCUT2D eigenvalue weighted by Crippen LogP contribution is 2.11. The molecule has 0 fully saturated rings. The van der Waals surface area contributed by atoms with Gasteiger partial charge >= 0.3 is 0 Å². The molecule has 0 N–H and O–H groups in total. The zero-order chi connectivity index (χ0) is 12.8. The van der Waals surface area contributed by atoms with Crippen LogP contribution >= 0.6 is 0 Å². The van der Waals surface area contributed by atoms with Crippen LogP contribution in [0.3, 0.4) is 0 Å². The zero-order valence-electron chi connectivity index (χ0n) is 11.5. The summed E-state index contributed by atoms with van der Waals surface area (Å²) < 4.78 is 4.91. The molecule has 0 spiro atoms. The number of hydrogen-bond acceptors (Lipinski definition) is 2. The summed E-state index contributed by atoms with van der Waals surface area (Å²) in [7, 11) is -0.602. The lowest BCUT2D eigenvalue weighted by atomic mass is 10.1. The normalized spacial score (nSPS) is 11.2. The predicted octanol–water partition coefficient (Wildman–Crippen LogP) is 3.79. The number of rotatable bonds is 12. The van der Waals surface area contributed by atoms with Crippen molar-refractivity contribution in [2.45, 2.75) is 77.2 Å². The summed E-state index contributed by atoms with van der Waals surface area (Å²) in [6, 6.07) is 1.12. The maximum atomic E-state index is 10.4. The molecule has 0 bridgehead atoms. The van der Waals surface area contributed by atoms with Gasteiger partial charge in [0.05, 0.1) is 6.92 Å². The van der Waals surface area contributed by atoms with Crippen molar-refractivity contribution >= 4 is 15.7 Å². The molecule has 0 amide bonds. The molecule has 0 rings (SSSR count). The lowest BCUT2D eigenvalue weighted by Crippen LogP contribution is -2.03. The van der Waals surface area contributed by atoms with Gasteiger partial charge < -0.3 is 4.43 Å². The van der Waals surface area contributed by atoms with Crippen molar-refractivity contribution in [3.8, 4) is 0 Å². The Kier molecular flexibility index (Phi) is 13.5. The molecule has 0 aliphatic rings. The number of hydrogen-bond donors (Lipinski definition) is 0. The van der Waals surface area contributed by atoms with Crippen molar-refractivity contribution in [3.05, 3.63) is 6.92 Å². The summed E-state index contributed by atoms with van der Waals surface area (Å²) in [5, 5.41) is 0. The molecule has 0 saturated heterocycles. The van der Waals surface area contributed by atoms with Crippen LogP contribution in [0.25, 0.3) is 0 Å². The highest BCUT2D eigenvalue weighted by Gasteiger charge is 1.95. The minimum absolute atomic E-state index is 0.344. The van der Waals surface area contributed by atoms with Crippen molar-refractivity contribution in [1.82, 2.24) is 0 Å². The molecule has 101 valence electrons.